The number of alkyl halides is 3. The van der Waals surface area contributed by atoms with Gasteiger partial charge in [-0.2, -0.15) is 13.2 Å². The van der Waals surface area contributed by atoms with Crippen LogP contribution in [0.3, 0.4) is 0 Å². The zero-order chi connectivity index (χ0) is 20.5. The average molecular weight is 392 g/mol. The number of aromatic nitrogens is 1. The summed E-state index contributed by atoms with van der Waals surface area (Å²) in [5.41, 5.74) is 1.15. The molecule has 0 fully saturated rings. The van der Waals surface area contributed by atoms with Crippen molar-refractivity contribution in [2.45, 2.75) is 12.5 Å². The Morgan fingerprint density at radius 3 is 2.32 bits per heavy atom. The van der Waals surface area contributed by atoms with Crippen molar-refractivity contribution in [1.29, 1.82) is 0 Å². The lowest BCUT2D eigenvalue weighted by atomic mass is 10.1. The third-order valence-electron chi connectivity index (χ3n) is 4.12. The van der Waals surface area contributed by atoms with E-state index in [9.17, 15) is 23.1 Å². The molecule has 6 nitrogen and oxygen atoms in total. The molecule has 9 heteroatoms. The molecule has 0 bridgehead atoms. The van der Waals surface area contributed by atoms with Crippen molar-refractivity contribution in [3.8, 4) is 0 Å². The third kappa shape index (κ3) is 4.20. The standard InChI is InChI=1S/C19H19F3N4O2/c1-26(2)17(27)15-9-13(10-16-14(15)7-8-23-16)25-18(28)24-12-5-3-11(4-6-12)19(20,21)22/h3-10,18,23-25,28H,1-2H3. The van der Waals surface area contributed by atoms with Crippen LogP contribution in [0.5, 0.6) is 0 Å². The molecule has 148 valence electrons. The highest BCUT2D eigenvalue weighted by atomic mass is 19.4. The Labute approximate surface area is 159 Å². The van der Waals surface area contributed by atoms with Crippen molar-refractivity contribution in [1.82, 2.24) is 9.88 Å². The van der Waals surface area contributed by atoms with Gasteiger partial charge in [0.15, 0.2) is 0 Å². The van der Waals surface area contributed by atoms with E-state index in [-0.39, 0.29) is 5.91 Å². The summed E-state index contributed by atoms with van der Waals surface area (Å²) in [6.07, 6.45) is -4.00. The Balaban J connectivity index is 1.77. The molecule has 3 rings (SSSR count). The number of carbonyl (C=O) groups is 1. The molecule has 1 heterocycles. The zero-order valence-electron chi connectivity index (χ0n) is 15.1. The van der Waals surface area contributed by atoms with Crippen LogP contribution in [0.1, 0.15) is 15.9 Å². The first kappa shape index (κ1) is 19.6. The van der Waals surface area contributed by atoms with Gasteiger partial charge in [0.25, 0.3) is 5.91 Å². The lowest BCUT2D eigenvalue weighted by molar-refractivity contribution is -0.137. The minimum Gasteiger partial charge on any atom is -0.361 e. The first-order valence-corrected chi connectivity index (χ1v) is 8.36. The average Bonchev–Trinajstić information content (AvgIpc) is 3.08. The monoisotopic (exact) mass is 392 g/mol. The second-order valence-corrected chi connectivity index (χ2v) is 6.43. The number of fused-ring (bicyclic) bond motifs is 1. The lowest BCUT2D eigenvalue weighted by Crippen LogP contribution is -2.28. The van der Waals surface area contributed by atoms with Gasteiger partial charge in [-0.1, -0.05) is 0 Å². The number of rotatable bonds is 5. The maximum absolute atomic E-state index is 12.6. The van der Waals surface area contributed by atoms with Crippen LogP contribution in [0.25, 0.3) is 10.9 Å². The molecule has 4 N–H and O–H groups in total. The van der Waals surface area contributed by atoms with E-state index in [0.717, 1.165) is 17.5 Å². The van der Waals surface area contributed by atoms with Crippen LogP contribution in [-0.2, 0) is 6.18 Å². The van der Waals surface area contributed by atoms with E-state index in [1.165, 1.54) is 17.0 Å². The first-order chi connectivity index (χ1) is 13.1. The predicted octanol–water partition coefficient (Wildman–Crippen LogP) is 3.69. The molecule has 1 aromatic heterocycles. The SMILES string of the molecule is CN(C)C(=O)c1cc(NC(O)Nc2ccc(C(F)(F)F)cc2)cc2[nH]ccc12. The number of nitrogens with one attached hydrogen (secondary N) is 3. The first-order valence-electron chi connectivity index (χ1n) is 8.36. The molecule has 0 saturated carbocycles. The van der Waals surface area contributed by atoms with Gasteiger partial charge >= 0.3 is 6.18 Å². The number of nitrogens with zero attached hydrogens (tertiary/aromatic N) is 1. The number of aromatic amines is 1. The molecule has 3 aromatic rings. The molecular formula is C19H19F3N4O2. The largest absolute Gasteiger partial charge is 0.416 e. The Morgan fingerprint density at radius 1 is 1.07 bits per heavy atom. The number of H-pyrrole nitrogens is 1. The van der Waals surface area contributed by atoms with E-state index in [1.807, 2.05) is 0 Å². The van der Waals surface area contributed by atoms with E-state index in [0.29, 0.717) is 22.5 Å². The molecule has 0 saturated heterocycles. The number of amides is 1. The topological polar surface area (TPSA) is 80.4 Å². The van der Waals surface area contributed by atoms with Crippen molar-refractivity contribution in [2.24, 2.45) is 0 Å². The number of hydrogen-bond donors (Lipinski definition) is 4. The molecule has 2 aromatic carbocycles. The molecule has 1 amide bonds. The van der Waals surface area contributed by atoms with Crippen LogP contribution in [0.15, 0.2) is 48.7 Å². The Kier molecular flexibility index (Phi) is 5.19. The number of benzene rings is 2. The Hall–Kier alpha value is -3.20. The summed E-state index contributed by atoms with van der Waals surface area (Å²) in [6.45, 7) is 0. The van der Waals surface area contributed by atoms with Gasteiger partial charge in [0.2, 0.25) is 6.35 Å². The van der Waals surface area contributed by atoms with Crippen LogP contribution < -0.4 is 10.6 Å². The summed E-state index contributed by atoms with van der Waals surface area (Å²) >= 11 is 0. The third-order valence-corrected chi connectivity index (χ3v) is 4.12. The summed E-state index contributed by atoms with van der Waals surface area (Å²) in [7, 11) is 3.28. The van der Waals surface area contributed by atoms with Crippen molar-refractivity contribution in [3.05, 3.63) is 59.8 Å². The number of aliphatic hydroxyl groups is 1. The molecule has 1 atom stereocenters. The van der Waals surface area contributed by atoms with Gasteiger partial charge in [-0.25, -0.2) is 0 Å². The summed E-state index contributed by atoms with van der Waals surface area (Å²) in [5, 5.41) is 16.4. The molecule has 0 aliphatic carbocycles. The van der Waals surface area contributed by atoms with Crippen molar-refractivity contribution < 1.29 is 23.1 Å². The number of anilines is 2. The second-order valence-electron chi connectivity index (χ2n) is 6.43. The highest BCUT2D eigenvalue weighted by Crippen LogP contribution is 2.30. The molecule has 0 radical (unpaired) electrons. The smallest absolute Gasteiger partial charge is 0.361 e. The molecule has 0 aliphatic heterocycles. The number of carbonyl (C=O) groups excluding carboxylic acids is 1. The maximum atomic E-state index is 12.6. The van der Waals surface area contributed by atoms with Crippen molar-refractivity contribution >= 4 is 28.2 Å². The number of halogens is 3. The summed E-state index contributed by atoms with van der Waals surface area (Å²) in [6, 6.07) is 9.41. The molecule has 0 spiro atoms. The highest BCUT2D eigenvalue weighted by Gasteiger charge is 2.30. The lowest BCUT2D eigenvalue weighted by Gasteiger charge is -2.19. The Morgan fingerprint density at radius 2 is 1.71 bits per heavy atom. The minimum absolute atomic E-state index is 0.196. The molecule has 1 unspecified atom stereocenters. The second kappa shape index (κ2) is 7.43. The van der Waals surface area contributed by atoms with Gasteiger partial charge < -0.3 is 25.6 Å². The fraction of sp³-hybridized carbons (Fsp3) is 0.211. The minimum atomic E-state index is -4.42. The van der Waals surface area contributed by atoms with E-state index >= 15 is 0 Å². The van der Waals surface area contributed by atoms with E-state index in [4.69, 9.17) is 0 Å². The van der Waals surface area contributed by atoms with Gasteiger partial charge in [-0.3, -0.25) is 4.79 Å². The normalized spacial score (nSPS) is 12.6. The fourth-order valence-corrected chi connectivity index (χ4v) is 2.78. The van der Waals surface area contributed by atoms with Crippen molar-refractivity contribution in [3.63, 3.8) is 0 Å². The van der Waals surface area contributed by atoms with E-state index < -0.39 is 18.1 Å². The van der Waals surface area contributed by atoms with Crippen LogP contribution in [0.2, 0.25) is 0 Å². The maximum Gasteiger partial charge on any atom is 0.416 e. The molecule has 0 aliphatic rings. The van der Waals surface area contributed by atoms with Crippen LogP contribution in [-0.4, -0.2) is 41.3 Å². The zero-order valence-corrected chi connectivity index (χ0v) is 15.1. The quantitative estimate of drug-likeness (QED) is 0.500. The number of hydrogen-bond acceptors (Lipinski definition) is 4. The van der Waals surface area contributed by atoms with Gasteiger partial charge in [-0.05, 0) is 42.5 Å². The van der Waals surface area contributed by atoms with Gasteiger partial charge in [0.05, 0.1) is 11.1 Å². The summed E-state index contributed by atoms with van der Waals surface area (Å²) in [4.78, 5) is 16.9. The van der Waals surface area contributed by atoms with Crippen LogP contribution in [0.4, 0.5) is 24.5 Å². The summed E-state index contributed by atoms with van der Waals surface area (Å²) < 4.78 is 37.8. The predicted molar refractivity (Wildman–Crippen MR) is 101 cm³/mol. The summed E-state index contributed by atoms with van der Waals surface area (Å²) in [5.74, 6) is -0.196. The van der Waals surface area contributed by atoms with Gasteiger partial charge in [-0.15, -0.1) is 0 Å². The van der Waals surface area contributed by atoms with E-state index in [1.54, 1.807) is 38.5 Å². The van der Waals surface area contributed by atoms with E-state index in [2.05, 4.69) is 15.6 Å². The molecular weight excluding hydrogens is 373 g/mol. The van der Waals surface area contributed by atoms with Crippen LogP contribution in [0, 0.1) is 0 Å². The highest BCUT2D eigenvalue weighted by molar-refractivity contribution is 6.07. The fourth-order valence-electron chi connectivity index (χ4n) is 2.78. The van der Waals surface area contributed by atoms with Gasteiger partial charge in [0, 0.05) is 42.6 Å². The van der Waals surface area contributed by atoms with Crippen LogP contribution >= 0.6 is 0 Å². The Bertz CT molecular complexity index is 981. The molecule has 28 heavy (non-hydrogen) atoms. The van der Waals surface area contributed by atoms with Crippen molar-refractivity contribution in [2.75, 3.05) is 24.7 Å². The van der Waals surface area contributed by atoms with Gasteiger partial charge in [0.1, 0.15) is 0 Å². The number of aliphatic hydroxyl groups excluding tert-OH is 1.